The fraction of sp³-hybridized carbons (Fsp3) is 0.600. The monoisotopic (exact) mass is 304 g/mol. The van der Waals surface area contributed by atoms with Crippen LogP contribution in [0.25, 0.3) is 0 Å². The second-order valence-corrected chi connectivity index (χ2v) is 5.90. The standard InChI is InChI=1S/C15H20F4N2/c1-9-2-4-10(5-3-9)14(21-20)11-6-7-13(16)12(8-11)15(17,18)19/h6-10,14,21H,2-5,20H2,1H3. The Hall–Kier alpha value is -1.14. The number of benzene rings is 1. The molecule has 0 saturated heterocycles. The number of halogens is 4. The van der Waals surface area contributed by atoms with E-state index < -0.39 is 17.6 Å². The summed E-state index contributed by atoms with van der Waals surface area (Å²) in [5.41, 5.74) is 1.77. The van der Waals surface area contributed by atoms with Gasteiger partial charge in [0.05, 0.1) is 5.56 Å². The summed E-state index contributed by atoms with van der Waals surface area (Å²) in [5, 5.41) is 0. The first-order valence-corrected chi connectivity index (χ1v) is 7.15. The number of hydrogen-bond donors (Lipinski definition) is 2. The van der Waals surface area contributed by atoms with Crippen LogP contribution in [0, 0.1) is 17.7 Å². The number of rotatable bonds is 3. The highest BCUT2D eigenvalue weighted by Gasteiger charge is 2.35. The molecular weight excluding hydrogens is 284 g/mol. The van der Waals surface area contributed by atoms with Gasteiger partial charge in [-0.1, -0.05) is 25.8 Å². The molecule has 1 atom stereocenters. The molecule has 1 aliphatic rings. The van der Waals surface area contributed by atoms with Crippen molar-refractivity contribution in [1.82, 2.24) is 5.43 Å². The topological polar surface area (TPSA) is 38.0 Å². The van der Waals surface area contributed by atoms with Gasteiger partial charge in [-0.3, -0.25) is 11.3 Å². The van der Waals surface area contributed by atoms with Crippen molar-refractivity contribution in [3.8, 4) is 0 Å². The molecule has 1 unspecified atom stereocenters. The summed E-state index contributed by atoms with van der Waals surface area (Å²) in [6.07, 6.45) is -0.795. The summed E-state index contributed by atoms with van der Waals surface area (Å²) in [6, 6.07) is 2.75. The molecule has 1 aliphatic carbocycles. The van der Waals surface area contributed by atoms with Crippen molar-refractivity contribution in [1.29, 1.82) is 0 Å². The number of nitrogens with one attached hydrogen (secondary N) is 1. The first kappa shape index (κ1) is 16.2. The lowest BCUT2D eigenvalue weighted by atomic mass is 9.77. The fourth-order valence-electron chi connectivity index (χ4n) is 3.08. The molecule has 0 spiro atoms. The Morgan fingerprint density at radius 2 is 1.81 bits per heavy atom. The molecule has 1 fully saturated rings. The van der Waals surface area contributed by atoms with Gasteiger partial charge in [0, 0.05) is 6.04 Å². The summed E-state index contributed by atoms with van der Waals surface area (Å²) >= 11 is 0. The lowest BCUT2D eigenvalue weighted by Gasteiger charge is -2.32. The minimum absolute atomic E-state index is 0.178. The van der Waals surface area contributed by atoms with Crippen LogP contribution in [0.5, 0.6) is 0 Å². The van der Waals surface area contributed by atoms with Crippen LogP contribution in [0.1, 0.15) is 49.8 Å². The zero-order chi connectivity index (χ0) is 15.6. The Bertz CT molecular complexity index is 479. The van der Waals surface area contributed by atoms with E-state index in [0.717, 1.165) is 37.8 Å². The third kappa shape index (κ3) is 3.74. The average molecular weight is 304 g/mol. The number of hydrogen-bond acceptors (Lipinski definition) is 2. The summed E-state index contributed by atoms with van der Waals surface area (Å²) < 4.78 is 51.7. The van der Waals surface area contributed by atoms with E-state index in [1.807, 2.05) is 0 Å². The molecule has 0 amide bonds. The average Bonchev–Trinajstić information content (AvgIpc) is 2.42. The number of hydrazine groups is 1. The van der Waals surface area contributed by atoms with Crippen molar-refractivity contribution in [2.24, 2.45) is 17.7 Å². The first-order valence-electron chi connectivity index (χ1n) is 7.15. The molecule has 6 heteroatoms. The van der Waals surface area contributed by atoms with Gasteiger partial charge in [-0.25, -0.2) is 4.39 Å². The Kier molecular flexibility index (Phi) is 4.88. The van der Waals surface area contributed by atoms with E-state index in [1.54, 1.807) is 0 Å². The van der Waals surface area contributed by atoms with Crippen LogP contribution in [0.2, 0.25) is 0 Å². The van der Waals surface area contributed by atoms with Crippen LogP contribution in [-0.2, 0) is 6.18 Å². The van der Waals surface area contributed by atoms with E-state index in [4.69, 9.17) is 5.84 Å². The van der Waals surface area contributed by atoms with Gasteiger partial charge in [0.15, 0.2) is 0 Å². The van der Waals surface area contributed by atoms with Crippen LogP contribution >= 0.6 is 0 Å². The Balaban J connectivity index is 2.26. The third-order valence-electron chi connectivity index (χ3n) is 4.37. The molecule has 0 bridgehead atoms. The molecule has 0 aromatic heterocycles. The summed E-state index contributed by atoms with van der Waals surface area (Å²) in [6.45, 7) is 2.17. The van der Waals surface area contributed by atoms with Crippen LogP contribution in [0.4, 0.5) is 17.6 Å². The van der Waals surface area contributed by atoms with Crippen molar-refractivity contribution >= 4 is 0 Å². The highest BCUT2D eigenvalue weighted by atomic mass is 19.4. The predicted molar refractivity (Wildman–Crippen MR) is 72.6 cm³/mol. The Morgan fingerprint density at radius 1 is 1.19 bits per heavy atom. The smallest absolute Gasteiger partial charge is 0.271 e. The largest absolute Gasteiger partial charge is 0.419 e. The molecule has 1 saturated carbocycles. The minimum Gasteiger partial charge on any atom is -0.271 e. The molecule has 3 N–H and O–H groups in total. The third-order valence-corrected chi connectivity index (χ3v) is 4.37. The Morgan fingerprint density at radius 3 is 2.33 bits per heavy atom. The van der Waals surface area contributed by atoms with Gasteiger partial charge in [-0.2, -0.15) is 13.2 Å². The molecule has 2 nitrogen and oxygen atoms in total. The highest BCUT2D eigenvalue weighted by molar-refractivity contribution is 5.30. The van der Waals surface area contributed by atoms with Crippen LogP contribution in [-0.4, -0.2) is 0 Å². The van der Waals surface area contributed by atoms with Crippen LogP contribution in [0.3, 0.4) is 0 Å². The van der Waals surface area contributed by atoms with Gasteiger partial charge in [0.1, 0.15) is 5.82 Å². The van der Waals surface area contributed by atoms with Gasteiger partial charge < -0.3 is 0 Å². The van der Waals surface area contributed by atoms with E-state index in [9.17, 15) is 17.6 Å². The quantitative estimate of drug-likeness (QED) is 0.499. The lowest BCUT2D eigenvalue weighted by molar-refractivity contribution is -0.140. The van der Waals surface area contributed by atoms with Crippen molar-refractivity contribution < 1.29 is 17.6 Å². The van der Waals surface area contributed by atoms with E-state index in [1.165, 1.54) is 6.07 Å². The zero-order valence-corrected chi connectivity index (χ0v) is 11.9. The molecule has 118 valence electrons. The Labute approximate surface area is 121 Å². The maximum atomic E-state index is 13.4. The van der Waals surface area contributed by atoms with Crippen LogP contribution in [0.15, 0.2) is 18.2 Å². The predicted octanol–water partition coefficient (Wildman–Crippen LogP) is 4.18. The van der Waals surface area contributed by atoms with E-state index in [0.29, 0.717) is 11.5 Å². The summed E-state index contributed by atoms with van der Waals surface area (Å²) in [7, 11) is 0. The SMILES string of the molecule is CC1CCC(C(NN)c2ccc(F)c(C(F)(F)F)c2)CC1. The molecule has 0 radical (unpaired) electrons. The molecule has 0 heterocycles. The highest BCUT2D eigenvalue weighted by Crippen LogP contribution is 2.38. The lowest BCUT2D eigenvalue weighted by Crippen LogP contribution is -2.35. The van der Waals surface area contributed by atoms with Gasteiger partial charge in [0.2, 0.25) is 0 Å². The normalized spacial score (nSPS) is 24.9. The maximum absolute atomic E-state index is 13.4. The van der Waals surface area contributed by atoms with Crippen molar-refractivity contribution in [3.05, 3.63) is 35.1 Å². The van der Waals surface area contributed by atoms with E-state index in [2.05, 4.69) is 12.3 Å². The molecular formula is C15H20F4N2. The van der Waals surface area contributed by atoms with E-state index >= 15 is 0 Å². The maximum Gasteiger partial charge on any atom is 0.419 e. The molecule has 21 heavy (non-hydrogen) atoms. The first-order chi connectivity index (χ1) is 9.82. The van der Waals surface area contributed by atoms with Crippen molar-refractivity contribution in [2.75, 3.05) is 0 Å². The van der Waals surface area contributed by atoms with Crippen molar-refractivity contribution in [2.45, 2.75) is 44.8 Å². The second-order valence-electron chi connectivity index (χ2n) is 5.90. The second kappa shape index (κ2) is 6.32. The van der Waals surface area contributed by atoms with E-state index in [-0.39, 0.29) is 12.0 Å². The zero-order valence-electron chi connectivity index (χ0n) is 11.9. The summed E-state index contributed by atoms with van der Waals surface area (Å²) in [4.78, 5) is 0. The molecule has 2 rings (SSSR count). The molecule has 1 aromatic rings. The number of alkyl halides is 3. The van der Waals surface area contributed by atoms with Gasteiger partial charge >= 0.3 is 6.18 Å². The van der Waals surface area contributed by atoms with Gasteiger partial charge in [-0.05, 0) is 42.4 Å². The minimum atomic E-state index is -4.69. The van der Waals surface area contributed by atoms with Gasteiger partial charge in [0.25, 0.3) is 0 Å². The van der Waals surface area contributed by atoms with Crippen molar-refractivity contribution in [3.63, 3.8) is 0 Å². The summed E-state index contributed by atoms with van der Waals surface area (Å²) in [5.74, 6) is 5.11. The van der Waals surface area contributed by atoms with Gasteiger partial charge in [-0.15, -0.1) is 0 Å². The van der Waals surface area contributed by atoms with Crippen LogP contribution < -0.4 is 11.3 Å². The molecule has 1 aromatic carbocycles. The molecule has 0 aliphatic heterocycles. The number of nitrogens with two attached hydrogens (primary N) is 1. The fourth-order valence-corrected chi connectivity index (χ4v) is 3.08.